The van der Waals surface area contributed by atoms with Gasteiger partial charge in [0, 0.05) is 21.0 Å². The molecule has 0 spiro atoms. The van der Waals surface area contributed by atoms with Crippen molar-refractivity contribution in [1.82, 2.24) is 4.98 Å². The Morgan fingerprint density at radius 1 is 1.12 bits per heavy atom. The van der Waals surface area contributed by atoms with E-state index in [1.54, 1.807) is 7.11 Å². The van der Waals surface area contributed by atoms with Crippen LogP contribution in [0.15, 0.2) is 30.3 Å². The van der Waals surface area contributed by atoms with Gasteiger partial charge in [-0.1, -0.05) is 29.3 Å². The van der Waals surface area contributed by atoms with Crippen molar-refractivity contribution >= 4 is 34.1 Å². The molecular weight excluding hydrogens is 355 g/mol. The van der Waals surface area contributed by atoms with Gasteiger partial charge in [-0.25, -0.2) is 0 Å². The number of ether oxygens (including phenoxy) is 1. The van der Waals surface area contributed by atoms with Gasteiger partial charge in [0.15, 0.2) is 0 Å². The largest absolute Gasteiger partial charge is 0.496 e. The lowest BCUT2D eigenvalue weighted by atomic mass is 9.99. The van der Waals surface area contributed by atoms with E-state index in [4.69, 9.17) is 33.7 Å². The molecule has 0 saturated heterocycles. The minimum absolute atomic E-state index is 0.678. The van der Waals surface area contributed by atoms with Crippen LogP contribution in [0.4, 0.5) is 0 Å². The molecule has 3 N–H and O–H groups in total. The van der Waals surface area contributed by atoms with Gasteiger partial charge in [0.2, 0.25) is 0 Å². The lowest BCUT2D eigenvalue weighted by molar-refractivity contribution is 0.416. The van der Waals surface area contributed by atoms with Gasteiger partial charge in [0.25, 0.3) is 0 Å². The molecule has 0 aliphatic heterocycles. The van der Waals surface area contributed by atoms with Gasteiger partial charge >= 0.3 is 0 Å². The molecule has 1 heterocycles. The number of fused-ring (bicyclic) bond motifs is 1. The second-order valence-corrected chi connectivity index (χ2v) is 7.01. The summed E-state index contributed by atoms with van der Waals surface area (Å²) < 4.78 is 5.56. The van der Waals surface area contributed by atoms with Crippen LogP contribution in [-0.4, -0.2) is 18.6 Å². The molecule has 3 aromatic rings. The number of unbranched alkanes of at least 4 members (excludes halogenated alkanes) is 1. The number of benzene rings is 2. The van der Waals surface area contributed by atoms with E-state index in [1.165, 1.54) is 10.9 Å². The Morgan fingerprint density at radius 3 is 2.64 bits per heavy atom. The fourth-order valence-corrected chi connectivity index (χ4v) is 3.57. The number of nitrogens with two attached hydrogens (primary N) is 1. The molecule has 2 aromatic carbocycles. The number of nitrogens with one attached hydrogen (secondary N) is 1. The predicted octanol–water partition coefficient (Wildman–Crippen LogP) is 5.74. The third-order valence-electron chi connectivity index (χ3n) is 4.59. The molecule has 0 aliphatic rings. The van der Waals surface area contributed by atoms with E-state index in [0.717, 1.165) is 52.4 Å². The first-order valence-corrected chi connectivity index (χ1v) is 9.16. The molecule has 0 atom stereocenters. The molecule has 0 saturated carbocycles. The highest BCUT2D eigenvalue weighted by Gasteiger charge is 2.18. The fourth-order valence-electron chi connectivity index (χ4n) is 3.25. The number of hydrogen-bond acceptors (Lipinski definition) is 2. The summed E-state index contributed by atoms with van der Waals surface area (Å²) in [6.07, 6.45) is 2.95. The predicted molar refractivity (Wildman–Crippen MR) is 107 cm³/mol. The fraction of sp³-hybridized carbons (Fsp3) is 0.300. The summed E-state index contributed by atoms with van der Waals surface area (Å²) in [5, 5.41) is 2.62. The van der Waals surface area contributed by atoms with Crippen LogP contribution in [0.5, 0.6) is 5.75 Å². The maximum absolute atomic E-state index is 6.32. The zero-order valence-electron chi connectivity index (χ0n) is 14.5. The molecular formula is C20H22Cl2N2O. The quantitative estimate of drug-likeness (QED) is 0.538. The van der Waals surface area contributed by atoms with E-state index in [-0.39, 0.29) is 0 Å². The average Bonchev–Trinajstić information content (AvgIpc) is 2.97. The Balaban J connectivity index is 2.24. The third-order valence-corrected chi connectivity index (χ3v) is 5.23. The van der Waals surface area contributed by atoms with Gasteiger partial charge < -0.3 is 15.5 Å². The molecule has 5 heteroatoms. The SMILES string of the molecule is COc1ccc(Cl)cc1-c1[nH]c2c(C)c(Cl)ccc2c1CCCCN. The highest BCUT2D eigenvalue weighted by Crippen LogP contribution is 2.39. The zero-order chi connectivity index (χ0) is 18.0. The van der Waals surface area contributed by atoms with Crippen LogP contribution in [0.25, 0.3) is 22.2 Å². The van der Waals surface area contributed by atoms with Crippen LogP contribution in [0.1, 0.15) is 24.0 Å². The summed E-state index contributed by atoms with van der Waals surface area (Å²) in [6.45, 7) is 2.73. The first-order valence-electron chi connectivity index (χ1n) is 8.40. The van der Waals surface area contributed by atoms with Gasteiger partial charge in [0.1, 0.15) is 5.75 Å². The second kappa shape index (κ2) is 7.69. The molecule has 1 aromatic heterocycles. The molecule has 0 bridgehead atoms. The van der Waals surface area contributed by atoms with Crippen LogP contribution in [0.2, 0.25) is 10.0 Å². The van der Waals surface area contributed by atoms with E-state index in [0.29, 0.717) is 11.6 Å². The second-order valence-electron chi connectivity index (χ2n) is 6.16. The first kappa shape index (κ1) is 18.1. The molecule has 3 nitrogen and oxygen atoms in total. The molecule has 25 heavy (non-hydrogen) atoms. The van der Waals surface area contributed by atoms with Crippen molar-refractivity contribution in [2.45, 2.75) is 26.2 Å². The first-order chi connectivity index (χ1) is 12.1. The Bertz CT molecular complexity index is 902. The molecule has 0 amide bonds. The van der Waals surface area contributed by atoms with Crippen molar-refractivity contribution in [3.05, 3.63) is 51.5 Å². The van der Waals surface area contributed by atoms with E-state index in [2.05, 4.69) is 11.1 Å². The van der Waals surface area contributed by atoms with E-state index in [9.17, 15) is 0 Å². The average molecular weight is 377 g/mol. The highest BCUT2D eigenvalue weighted by molar-refractivity contribution is 6.32. The molecule has 132 valence electrons. The number of aromatic nitrogens is 1. The maximum Gasteiger partial charge on any atom is 0.128 e. The van der Waals surface area contributed by atoms with E-state index >= 15 is 0 Å². The van der Waals surface area contributed by atoms with Crippen LogP contribution < -0.4 is 10.5 Å². The minimum atomic E-state index is 0.678. The smallest absolute Gasteiger partial charge is 0.128 e. The summed E-state index contributed by atoms with van der Waals surface area (Å²) >= 11 is 12.6. The molecule has 0 radical (unpaired) electrons. The molecule has 0 unspecified atom stereocenters. The number of aryl methyl sites for hydroxylation is 2. The van der Waals surface area contributed by atoms with Crippen molar-refractivity contribution in [2.24, 2.45) is 5.73 Å². The van der Waals surface area contributed by atoms with Crippen LogP contribution in [0, 0.1) is 6.92 Å². The van der Waals surface area contributed by atoms with E-state index in [1.807, 2.05) is 31.2 Å². The van der Waals surface area contributed by atoms with Crippen molar-refractivity contribution in [2.75, 3.05) is 13.7 Å². The summed E-state index contributed by atoms with van der Waals surface area (Å²) in [5.41, 5.74) is 11.0. The van der Waals surface area contributed by atoms with Gasteiger partial charge in [0.05, 0.1) is 18.3 Å². The van der Waals surface area contributed by atoms with Crippen molar-refractivity contribution in [3.8, 4) is 17.0 Å². The number of rotatable bonds is 6. The molecule has 3 rings (SSSR count). The van der Waals surface area contributed by atoms with Gasteiger partial charge in [-0.05, 0) is 68.1 Å². The Labute approximate surface area is 158 Å². The van der Waals surface area contributed by atoms with Crippen molar-refractivity contribution < 1.29 is 4.74 Å². The minimum Gasteiger partial charge on any atom is -0.496 e. The highest BCUT2D eigenvalue weighted by atomic mass is 35.5. The third kappa shape index (κ3) is 3.50. The summed E-state index contributed by atoms with van der Waals surface area (Å²) in [6, 6.07) is 9.71. The molecule has 0 fully saturated rings. The number of halogens is 2. The van der Waals surface area contributed by atoms with Crippen molar-refractivity contribution in [3.63, 3.8) is 0 Å². The summed E-state index contributed by atoms with van der Waals surface area (Å²) in [7, 11) is 1.67. The molecule has 0 aliphatic carbocycles. The van der Waals surface area contributed by atoms with Crippen molar-refractivity contribution in [1.29, 1.82) is 0 Å². The Kier molecular flexibility index (Phi) is 5.57. The summed E-state index contributed by atoms with van der Waals surface area (Å²) in [5.74, 6) is 0.791. The van der Waals surface area contributed by atoms with Gasteiger partial charge in [-0.3, -0.25) is 0 Å². The number of H-pyrrole nitrogens is 1. The van der Waals surface area contributed by atoms with Crippen LogP contribution >= 0.6 is 23.2 Å². The van der Waals surface area contributed by atoms with Crippen LogP contribution in [-0.2, 0) is 6.42 Å². The standard InChI is InChI=1S/C20H22Cl2N2O/c1-12-17(22)8-7-15-14(5-3-4-10-23)20(24-19(12)15)16-11-13(21)6-9-18(16)25-2/h6-9,11,24H,3-5,10,23H2,1-2H3. The Morgan fingerprint density at radius 2 is 1.92 bits per heavy atom. The lowest BCUT2D eigenvalue weighted by Gasteiger charge is -2.10. The lowest BCUT2D eigenvalue weighted by Crippen LogP contribution is -1.99. The Hall–Kier alpha value is -1.68. The van der Waals surface area contributed by atoms with E-state index < -0.39 is 0 Å². The van der Waals surface area contributed by atoms with Gasteiger partial charge in [-0.2, -0.15) is 0 Å². The topological polar surface area (TPSA) is 51.0 Å². The maximum atomic E-state index is 6.32. The summed E-state index contributed by atoms with van der Waals surface area (Å²) in [4.78, 5) is 3.56. The zero-order valence-corrected chi connectivity index (χ0v) is 16.0. The van der Waals surface area contributed by atoms with Crippen LogP contribution in [0.3, 0.4) is 0 Å². The normalized spacial score (nSPS) is 11.2. The number of aromatic amines is 1. The number of hydrogen-bond donors (Lipinski definition) is 2. The number of methoxy groups -OCH3 is 1. The monoisotopic (exact) mass is 376 g/mol. The van der Waals surface area contributed by atoms with Gasteiger partial charge in [-0.15, -0.1) is 0 Å².